The molecule has 0 radical (unpaired) electrons. The first kappa shape index (κ1) is 29.5. The van der Waals surface area contributed by atoms with Crippen LogP contribution in [-0.2, 0) is 18.4 Å². The largest absolute Gasteiger partial charge is 0.543 e. The Hall–Kier alpha value is -0.0700. The second-order valence-electron chi connectivity index (χ2n) is 6.46. The molecule has 0 atom stereocenters. The number of hydrogen-bond donors (Lipinski definition) is 3. The lowest BCUT2D eigenvalue weighted by molar-refractivity contribution is 0.0857. The summed E-state index contributed by atoms with van der Waals surface area (Å²) in [6.45, 7) is 0. The molecule has 10 nitrogen and oxygen atoms in total. The summed E-state index contributed by atoms with van der Waals surface area (Å²) in [4.78, 5) is 0. The number of nitrogens with two attached hydrogens (primary N) is 3. The second-order valence-corrected chi connectivity index (χ2v) is 13.2. The van der Waals surface area contributed by atoms with E-state index in [1.54, 1.807) is 54.6 Å². The normalized spacial score (nSPS) is 11.5. The fraction of sp³-hybridized carbons (Fsp3) is 0. The summed E-state index contributed by atoms with van der Waals surface area (Å²) in [5.41, 5.74) is 0.923. The summed E-state index contributed by atoms with van der Waals surface area (Å²) in [7, 11) is -4.67. The quantitative estimate of drug-likeness (QED) is 0.112. The van der Waals surface area contributed by atoms with Crippen LogP contribution in [0.15, 0.2) is 81.4 Å². The summed E-state index contributed by atoms with van der Waals surface area (Å²) in [6.07, 6.45) is 0. The van der Waals surface area contributed by atoms with Gasteiger partial charge in [0.15, 0.2) is 0 Å². The SMILES string of the molecule is NN(OP(=O)(ON(N)c1ccc(Br)cc1Br)ON(N)c1ccc(Br)cc1Br)c1ccc(Br)cc1Br. The van der Waals surface area contributed by atoms with E-state index in [-0.39, 0.29) is 0 Å². The molecule has 0 aromatic heterocycles. The van der Waals surface area contributed by atoms with Gasteiger partial charge in [0.2, 0.25) is 0 Å². The van der Waals surface area contributed by atoms with Crippen molar-refractivity contribution in [1.82, 2.24) is 0 Å². The Kier molecular flexibility index (Phi) is 10.7. The van der Waals surface area contributed by atoms with Crippen molar-refractivity contribution in [3.63, 3.8) is 0 Å². The highest BCUT2D eigenvalue weighted by Gasteiger charge is 2.38. The smallest absolute Gasteiger partial charge is 0.222 e. The minimum absolute atomic E-state index is 0.308. The van der Waals surface area contributed by atoms with Gasteiger partial charge in [-0.3, -0.25) is 0 Å². The molecule has 3 rings (SSSR count). The standard InChI is InChI=1S/C18H15Br6N6O4P/c19-10-1-4-16(13(22)7-10)28(25)32-35(31,33-29(26)17-5-2-11(20)8-14(17)23)34-30(27)18-6-3-12(21)9-15(18)24/h1-9H,25-27H2. The van der Waals surface area contributed by atoms with Gasteiger partial charge in [-0.2, -0.15) is 15.5 Å². The van der Waals surface area contributed by atoms with Crippen LogP contribution >= 0.6 is 103 Å². The zero-order chi connectivity index (χ0) is 25.9. The maximum atomic E-state index is 13.8. The van der Waals surface area contributed by atoms with E-state index in [0.717, 1.165) is 13.4 Å². The third-order valence-electron chi connectivity index (χ3n) is 4.01. The number of hydrazine groups is 3. The van der Waals surface area contributed by atoms with Gasteiger partial charge in [0.25, 0.3) is 0 Å². The lowest BCUT2D eigenvalue weighted by atomic mass is 10.3. The Bertz CT molecular complexity index is 1120. The average Bonchev–Trinajstić information content (AvgIpc) is 2.72. The average molecular weight is 890 g/mol. The highest BCUT2D eigenvalue weighted by Crippen LogP contribution is 2.53. The van der Waals surface area contributed by atoms with E-state index in [4.69, 9.17) is 31.4 Å². The summed E-state index contributed by atoms with van der Waals surface area (Å²) in [5, 5.41) is 2.14. The van der Waals surface area contributed by atoms with Crippen LogP contribution in [0.4, 0.5) is 17.1 Å². The number of rotatable bonds is 9. The summed E-state index contributed by atoms with van der Waals surface area (Å²) < 4.78 is 34.0. The molecular weight excluding hydrogens is 875 g/mol. The van der Waals surface area contributed by atoms with E-state index in [9.17, 15) is 4.57 Å². The van der Waals surface area contributed by atoms with Crippen molar-refractivity contribution in [2.75, 3.05) is 15.5 Å². The lowest BCUT2D eigenvalue weighted by Gasteiger charge is -2.30. The molecule has 0 fully saturated rings. The molecule has 0 spiro atoms. The molecule has 0 aliphatic carbocycles. The van der Waals surface area contributed by atoms with Crippen LogP contribution in [0.2, 0.25) is 0 Å². The maximum Gasteiger partial charge on any atom is 0.543 e. The molecule has 0 bridgehead atoms. The maximum absolute atomic E-state index is 13.8. The Morgan fingerprint density at radius 2 is 0.800 bits per heavy atom. The van der Waals surface area contributed by atoms with Crippen molar-refractivity contribution in [3.8, 4) is 0 Å². The first-order valence-corrected chi connectivity index (χ1v) is 15.3. The molecule has 3 aromatic carbocycles. The number of nitrogens with zero attached hydrogens (tertiary/aromatic N) is 3. The molecular formula is C18H15Br6N6O4P. The topological polar surface area (TPSA) is 133 Å². The van der Waals surface area contributed by atoms with Crippen molar-refractivity contribution in [3.05, 3.63) is 81.4 Å². The molecule has 35 heavy (non-hydrogen) atoms. The fourth-order valence-electron chi connectivity index (χ4n) is 2.48. The molecule has 0 heterocycles. The van der Waals surface area contributed by atoms with Crippen molar-refractivity contribution < 1.29 is 18.4 Å². The predicted molar refractivity (Wildman–Crippen MR) is 156 cm³/mol. The molecule has 0 saturated carbocycles. The van der Waals surface area contributed by atoms with Crippen LogP contribution in [0.5, 0.6) is 0 Å². The van der Waals surface area contributed by atoms with Gasteiger partial charge < -0.3 is 0 Å². The summed E-state index contributed by atoms with van der Waals surface area (Å²) in [5.74, 6) is 18.1. The van der Waals surface area contributed by atoms with Gasteiger partial charge in [-0.25, -0.2) is 22.1 Å². The van der Waals surface area contributed by atoms with Crippen LogP contribution < -0.4 is 33.0 Å². The van der Waals surface area contributed by atoms with E-state index in [1.807, 2.05) is 0 Å². The zero-order valence-corrected chi connectivity index (χ0v) is 27.5. The fourth-order valence-corrected chi connectivity index (χ4v) is 7.15. The molecule has 0 amide bonds. The molecule has 17 heteroatoms. The third-order valence-corrected chi connectivity index (χ3v) is 8.52. The van der Waals surface area contributed by atoms with Crippen molar-refractivity contribution in [2.45, 2.75) is 0 Å². The third kappa shape index (κ3) is 7.96. The predicted octanol–water partition coefficient (Wildman–Crippen LogP) is 7.61. The van der Waals surface area contributed by atoms with E-state index < -0.39 is 7.82 Å². The second kappa shape index (κ2) is 12.7. The molecule has 188 valence electrons. The van der Waals surface area contributed by atoms with E-state index in [1.165, 1.54) is 0 Å². The monoisotopic (exact) mass is 884 g/mol. The van der Waals surface area contributed by atoms with E-state index in [0.29, 0.717) is 46.0 Å². The van der Waals surface area contributed by atoms with Gasteiger partial charge in [-0.15, -0.1) is 13.9 Å². The summed E-state index contributed by atoms with van der Waals surface area (Å²) >= 11 is 20.2. The van der Waals surface area contributed by atoms with Crippen LogP contribution in [-0.4, -0.2) is 0 Å². The van der Waals surface area contributed by atoms with Crippen LogP contribution in [0.25, 0.3) is 0 Å². The molecule has 0 saturated heterocycles. The van der Waals surface area contributed by atoms with Gasteiger partial charge in [0.1, 0.15) is 0 Å². The molecule has 0 unspecified atom stereocenters. The number of benzene rings is 3. The van der Waals surface area contributed by atoms with E-state index >= 15 is 0 Å². The molecule has 0 aliphatic rings. The lowest BCUT2D eigenvalue weighted by Crippen LogP contribution is -2.38. The number of anilines is 3. The number of halogens is 6. The van der Waals surface area contributed by atoms with Crippen LogP contribution in [0.1, 0.15) is 0 Å². The summed E-state index contributed by atoms with van der Waals surface area (Å²) in [6, 6.07) is 15.1. The number of phosphoric acid groups is 1. The Morgan fingerprint density at radius 3 is 1.03 bits per heavy atom. The Balaban J connectivity index is 1.93. The minimum atomic E-state index is -4.67. The molecule has 0 aliphatic heterocycles. The van der Waals surface area contributed by atoms with Gasteiger partial charge in [0, 0.05) is 26.8 Å². The number of hydrogen-bond acceptors (Lipinski definition) is 10. The first-order chi connectivity index (χ1) is 16.4. The minimum Gasteiger partial charge on any atom is -0.222 e. The van der Waals surface area contributed by atoms with Crippen molar-refractivity contribution in [1.29, 1.82) is 0 Å². The van der Waals surface area contributed by atoms with Crippen LogP contribution in [0.3, 0.4) is 0 Å². The van der Waals surface area contributed by atoms with Crippen molar-refractivity contribution >= 4 is 120 Å². The van der Waals surface area contributed by atoms with Crippen LogP contribution in [0, 0.1) is 0 Å². The van der Waals surface area contributed by atoms with Gasteiger partial charge >= 0.3 is 7.82 Å². The first-order valence-electron chi connectivity index (χ1n) is 9.07. The van der Waals surface area contributed by atoms with E-state index in [2.05, 4.69) is 95.6 Å². The Labute approximate surface area is 251 Å². The highest BCUT2D eigenvalue weighted by atomic mass is 79.9. The highest BCUT2D eigenvalue weighted by molar-refractivity contribution is 9.11. The molecule has 6 N–H and O–H groups in total. The van der Waals surface area contributed by atoms with Gasteiger partial charge in [-0.1, -0.05) is 47.8 Å². The van der Waals surface area contributed by atoms with Gasteiger partial charge in [0.05, 0.1) is 17.1 Å². The molecule has 3 aromatic rings. The van der Waals surface area contributed by atoms with Gasteiger partial charge in [-0.05, 0) is 102 Å². The Morgan fingerprint density at radius 1 is 0.543 bits per heavy atom. The van der Waals surface area contributed by atoms with Crippen molar-refractivity contribution in [2.24, 2.45) is 17.5 Å². The zero-order valence-electron chi connectivity index (χ0n) is 17.1.